The van der Waals surface area contributed by atoms with E-state index in [4.69, 9.17) is 16.8 Å². The lowest BCUT2D eigenvalue weighted by molar-refractivity contribution is -0.133. The van der Waals surface area contributed by atoms with Crippen LogP contribution in [0.2, 0.25) is 0 Å². The van der Waals surface area contributed by atoms with Crippen molar-refractivity contribution < 1.29 is 22.6 Å². The Morgan fingerprint density at radius 2 is 1.40 bits per heavy atom. The molecule has 194 valence electrons. The molecule has 2 rings (SSSR count). The van der Waals surface area contributed by atoms with Crippen LogP contribution in [0.15, 0.2) is 45.5 Å². The average Bonchev–Trinajstić information content (AvgIpc) is 3.05. The number of thiocarbonyl (C=S) groups is 1. The van der Waals surface area contributed by atoms with Gasteiger partial charge in [-0.05, 0) is 57.5 Å². The Morgan fingerprint density at radius 1 is 0.886 bits per heavy atom. The van der Waals surface area contributed by atoms with Gasteiger partial charge < -0.3 is 4.90 Å². The van der Waals surface area contributed by atoms with Gasteiger partial charge >= 0.3 is 0 Å². The summed E-state index contributed by atoms with van der Waals surface area (Å²) in [6, 6.07) is 0. The maximum Gasteiger partial charge on any atom is 0.265 e. The van der Waals surface area contributed by atoms with Crippen molar-refractivity contribution in [2.75, 3.05) is 25.4 Å². The molecule has 0 spiro atoms. The Morgan fingerprint density at radius 3 is 1.91 bits per heavy atom. The van der Waals surface area contributed by atoms with Crippen molar-refractivity contribution in [3.8, 4) is 0 Å². The first-order chi connectivity index (χ1) is 16.5. The normalized spacial score (nSPS) is 18.8. The number of carbonyl (C=O) groups excluding carboxylic acids is 2. The Balaban J connectivity index is 2.21. The van der Waals surface area contributed by atoms with E-state index < -0.39 is 10.1 Å². The molecule has 35 heavy (non-hydrogen) atoms. The zero-order valence-corrected chi connectivity index (χ0v) is 23.3. The molecular formula is C24H35N3O5S3. The summed E-state index contributed by atoms with van der Waals surface area (Å²) in [5.74, 6) is -1.03. The van der Waals surface area contributed by atoms with E-state index in [1.165, 1.54) is 15.9 Å². The van der Waals surface area contributed by atoms with Crippen LogP contribution >= 0.6 is 24.0 Å². The second-order valence-corrected chi connectivity index (χ2v) is 11.6. The number of carbonyl (C=O) groups is 2. The molecule has 1 fully saturated rings. The van der Waals surface area contributed by atoms with Gasteiger partial charge in [-0.1, -0.05) is 50.6 Å². The quantitative estimate of drug-likeness (QED) is 0.168. The van der Waals surface area contributed by atoms with Crippen LogP contribution in [0, 0.1) is 0 Å². The summed E-state index contributed by atoms with van der Waals surface area (Å²) >= 11 is 7.03. The molecule has 1 N–H and O–H groups in total. The van der Waals surface area contributed by atoms with Crippen LogP contribution in [-0.4, -0.2) is 70.0 Å². The lowest BCUT2D eigenvalue weighted by Crippen LogP contribution is -2.56. The van der Waals surface area contributed by atoms with Crippen molar-refractivity contribution in [1.82, 2.24) is 14.7 Å². The Bertz CT molecular complexity index is 1030. The van der Waals surface area contributed by atoms with Crippen LogP contribution in [0.1, 0.15) is 59.8 Å². The number of rotatable bonds is 12. The van der Waals surface area contributed by atoms with E-state index in [-0.39, 0.29) is 28.3 Å². The molecule has 0 aromatic heterocycles. The number of hydrogen-bond acceptors (Lipinski definition) is 7. The third-order valence-electron chi connectivity index (χ3n) is 5.72. The molecule has 2 aliphatic rings. The van der Waals surface area contributed by atoms with Crippen molar-refractivity contribution in [3.63, 3.8) is 0 Å². The maximum atomic E-state index is 13.0. The minimum atomic E-state index is -4.00. The van der Waals surface area contributed by atoms with Crippen LogP contribution < -0.4 is 0 Å². The molecule has 0 atom stereocenters. The average molecular weight is 542 g/mol. The standard InChI is InChI=1S/C24H35N3O5S3/c1-5-7-14-26-22(28)20(23(29)27(24(26)33)15-8-6-2)12-9-10-13-21-25(18(3)19(4)34-21)16-11-17-35(30,31)32/h9-10,12-13H,5-8,11,14-17H2,1-4H3,(H,30,31,32). The molecule has 0 radical (unpaired) electrons. The molecule has 0 bridgehead atoms. The summed E-state index contributed by atoms with van der Waals surface area (Å²) in [4.78, 5) is 32.2. The van der Waals surface area contributed by atoms with Gasteiger partial charge in [0.25, 0.3) is 21.9 Å². The van der Waals surface area contributed by atoms with E-state index in [1.807, 2.05) is 38.7 Å². The Hall–Kier alpha value is -1.95. The zero-order valence-electron chi connectivity index (χ0n) is 20.8. The second kappa shape index (κ2) is 13.4. The summed E-state index contributed by atoms with van der Waals surface area (Å²) in [5.41, 5.74) is 1.11. The van der Waals surface area contributed by atoms with Crippen LogP contribution in [0.5, 0.6) is 0 Å². The lowest BCUT2D eigenvalue weighted by Gasteiger charge is -2.36. The first-order valence-corrected chi connectivity index (χ1v) is 14.7. The SMILES string of the molecule is CCCCN1C(=O)C(=CC=CC=C2SC(C)=C(C)N2CCCS(=O)(=O)O)C(=O)N(CCCC)C1=S. The largest absolute Gasteiger partial charge is 0.339 e. The topological polar surface area (TPSA) is 98.2 Å². The third kappa shape index (κ3) is 8.03. The fourth-order valence-electron chi connectivity index (χ4n) is 3.61. The van der Waals surface area contributed by atoms with Gasteiger partial charge in [0.15, 0.2) is 5.11 Å². The van der Waals surface area contributed by atoms with E-state index in [2.05, 4.69) is 0 Å². The fraction of sp³-hybridized carbons (Fsp3) is 0.542. The van der Waals surface area contributed by atoms with E-state index in [0.717, 1.165) is 41.3 Å². The maximum absolute atomic E-state index is 13.0. The minimum absolute atomic E-state index is 0.0926. The molecule has 2 heterocycles. The smallest absolute Gasteiger partial charge is 0.265 e. The van der Waals surface area contributed by atoms with E-state index in [0.29, 0.717) is 26.1 Å². The van der Waals surface area contributed by atoms with Gasteiger partial charge in [0.1, 0.15) is 5.57 Å². The molecule has 8 nitrogen and oxygen atoms in total. The van der Waals surface area contributed by atoms with E-state index >= 15 is 0 Å². The summed E-state index contributed by atoms with van der Waals surface area (Å²) < 4.78 is 31.1. The molecule has 0 unspecified atom stereocenters. The molecule has 2 amide bonds. The predicted octanol–water partition coefficient (Wildman–Crippen LogP) is 4.44. The minimum Gasteiger partial charge on any atom is -0.339 e. The highest BCUT2D eigenvalue weighted by Gasteiger charge is 2.38. The summed E-state index contributed by atoms with van der Waals surface area (Å²) in [5, 5.41) is 1.19. The van der Waals surface area contributed by atoms with Crippen molar-refractivity contribution in [2.45, 2.75) is 59.8 Å². The van der Waals surface area contributed by atoms with Gasteiger partial charge in [0, 0.05) is 30.2 Å². The lowest BCUT2D eigenvalue weighted by atomic mass is 10.1. The van der Waals surface area contributed by atoms with Gasteiger partial charge in [-0.3, -0.25) is 23.9 Å². The van der Waals surface area contributed by atoms with Crippen LogP contribution in [-0.2, 0) is 19.7 Å². The highest BCUT2D eigenvalue weighted by atomic mass is 32.2. The number of unbranched alkanes of at least 4 members (excludes halogenated alkanes) is 2. The van der Waals surface area contributed by atoms with Crippen LogP contribution in [0.3, 0.4) is 0 Å². The number of hydrogen-bond donors (Lipinski definition) is 1. The Labute approximate surface area is 218 Å². The highest BCUT2D eigenvalue weighted by Crippen LogP contribution is 2.40. The van der Waals surface area contributed by atoms with Gasteiger partial charge in [-0.15, -0.1) is 0 Å². The van der Waals surface area contributed by atoms with Gasteiger partial charge in [-0.25, -0.2) is 0 Å². The van der Waals surface area contributed by atoms with Gasteiger partial charge in [-0.2, -0.15) is 8.42 Å². The molecular weight excluding hydrogens is 506 g/mol. The molecule has 2 aliphatic heterocycles. The van der Waals surface area contributed by atoms with E-state index in [9.17, 15) is 18.0 Å². The first kappa shape index (κ1) is 29.3. The van der Waals surface area contributed by atoms with Crippen LogP contribution in [0.4, 0.5) is 0 Å². The van der Waals surface area contributed by atoms with E-state index in [1.54, 1.807) is 23.9 Å². The molecule has 0 aromatic carbocycles. The fourth-order valence-corrected chi connectivity index (χ4v) is 5.51. The van der Waals surface area contributed by atoms with Crippen molar-refractivity contribution in [2.24, 2.45) is 0 Å². The van der Waals surface area contributed by atoms with Gasteiger partial charge in [0.05, 0.1) is 10.8 Å². The second-order valence-electron chi connectivity index (χ2n) is 8.41. The van der Waals surface area contributed by atoms with Crippen molar-refractivity contribution >= 4 is 51.0 Å². The number of thioether (sulfide) groups is 1. The van der Waals surface area contributed by atoms with Crippen molar-refractivity contribution in [1.29, 1.82) is 0 Å². The van der Waals surface area contributed by atoms with Crippen LogP contribution in [0.25, 0.3) is 0 Å². The molecule has 1 saturated heterocycles. The monoisotopic (exact) mass is 541 g/mol. The summed E-state index contributed by atoms with van der Waals surface area (Å²) in [6.45, 7) is 9.43. The summed E-state index contributed by atoms with van der Waals surface area (Å²) in [7, 11) is -4.00. The highest BCUT2D eigenvalue weighted by molar-refractivity contribution is 8.06. The molecule has 11 heteroatoms. The predicted molar refractivity (Wildman–Crippen MR) is 145 cm³/mol. The molecule has 0 saturated carbocycles. The Kier molecular flexibility index (Phi) is 11.2. The number of amides is 2. The number of allylic oxidation sites excluding steroid dienone is 6. The molecule has 0 aliphatic carbocycles. The zero-order chi connectivity index (χ0) is 26.2. The van der Waals surface area contributed by atoms with Gasteiger partial charge in [0.2, 0.25) is 0 Å². The molecule has 0 aromatic rings. The number of nitrogens with zero attached hydrogens (tertiary/aromatic N) is 3. The third-order valence-corrected chi connectivity index (χ3v) is 8.13. The summed E-state index contributed by atoms with van der Waals surface area (Å²) in [6.07, 6.45) is 10.5. The first-order valence-electron chi connectivity index (χ1n) is 11.9. The van der Waals surface area contributed by atoms with Crippen molar-refractivity contribution in [3.05, 3.63) is 45.5 Å².